The fraction of sp³-hybridized carbons (Fsp3) is 1.00. The second-order valence-electron chi connectivity index (χ2n) is 2.25. The molecule has 56 valence electrons. The molecule has 0 aromatic heterocycles. The van der Waals surface area contributed by atoms with Gasteiger partial charge in [-0.05, 0) is 26.8 Å². The average Bonchev–Trinajstić information content (AvgIpc) is 1.83. The van der Waals surface area contributed by atoms with Gasteiger partial charge >= 0.3 is 0 Å². The fourth-order valence-corrected chi connectivity index (χ4v) is 0.543. The van der Waals surface area contributed by atoms with Crippen molar-refractivity contribution in [3.05, 3.63) is 0 Å². The molecule has 0 fully saturated rings. The Morgan fingerprint density at radius 3 is 2.22 bits per heavy atom. The van der Waals surface area contributed by atoms with E-state index in [0.717, 1.165) is 6.42 Å². The zero-order valence-electron chi connectivity index (χ0n) is 5.96. The van der Waals surface area contributed by atoms with Gasteiger partial charge in [-0.3, -0.25) is 0 Å². The summed E-state index contributed by atoms with van der Waals surface area (Å²) in [5.41, 5.74) is 0. The largest absolute Gasteiger partial charge is 0.368 e. The maximum atomic E-state index is 8.42. The molecule has 0 aromatic carbocycles. The van der Waals surface area contributed by atoms with Crippen LogP contribution in [0.4, 0.5) is 0 Å². The van der Waals surface area contributed by atoms with Crippen molar-refractivity contribution >= 4 is 0 Å². The summed E-state index contributed by atoms with van der Waals surface area (Å²) in [4.78, 5) is 0. The molecule has 0 heterocycles. The summed E-state index contributed by atoms with van der Waals surface area (Å²) in [6.07, 6.45) is 0.0942. The lowest BCUT2D eigenvalue weighted by Crippen LogP contribution is -2.22. The predicted octanol–water partition coefficient (Wildman–Crippen LogP) is -0.315. The first-order valence-corrected chi connectivity index (χ1v) is 3.20. The van der Waals surface area contributed by atoms with Crippen molar-refractivity contribution in [3.8, 4) is 0 Å². The summed E-state index contributed by atoms with van der Waals surface area (Å²) in [7, 11) is 1.86. The Morgan fingerprint density at radius 2 is 1.89 bits per heavy atom. The van der Waals surface area contributed by atoms with E-state index in [1.165, 1.54) is 0 Å². The van der Waals surface area contributed by atoms with Gasteiger partial charge in [-0.1, -0.05) is 0 Å². The second kappa shape index (κ2) is 4.73. The summed E-state index contributed by atoms with van der Waals surface area (Å²) in [5, 5.41) is 19.8. The van der Waals surface area contributed by atoms with Gasteiger partial charge in [0.2, 0.25) is 0 Å². The Kier molecular flexibility index (Phi) is 4.67. The molecule has 3 heteroatoms. The first-order valence-electron chi connectivity index (χ1n) is 3.20. The minimum atomic E-state index is -1.15. The highest BCUT2D eigenvalue weighted by Gasteiger charge is 2.01. The SMILES string of the molecule is CNC(C)CCC(O)O. The second-order valence-corrected chi connectivity index (χ2v) is 2.25. The van der Waals surface area contributed by atoms with Crippen LogP contribution in [-0.4, -0.2) is 29.6 Å². The van der Waals surface area contributed by atoms with Gasteiger partial charge in [0.25, 0.3) is 0 Å². The minimum Gasteiger partial charge on any atom is -0.368 e. The monoisotopic (exact) mass is 133 g/mol. The third-order valence-corrected chi connectivity index (χ3v) is 1.35. The van der Waals surface area contributed by atoms with E-state index in [1.54, 1.807) is 0 Å². The smallest absolute Gasteiger partial charge is 0.151 e. The first-order chi connectivity index (χ1) is 4.16. The van der Waals surface area contributed by atoms with Crippen LogP contribution in [0.5, 0.6) is 0 Å². The molecule has 0 aliphatic carbocycles. The number of aliphatic hydroxyl groups excluding tert-OH is 1. The molecule has 1 unspecified atom stereocenters. The zero-order chi connectivity index (χ0) is 7.28. The van der Waals surface area contributed by atoms with Crippen LogP contribution in [0.2, 0.25) is 0 Å². The van der Waals surface area contributed by atoms with Crippen LogP contribution in [0, 0.1) is 0 Å². The Bertz CT molecular complexity index is 66.1. The maximum absolute atomic E-state index is 8.42. The van der Waals surface area contributed by atoms with Gasteiger partial charge in [-0.15, -0.1) is 0 Å². The van der Waals surface area contributed by atoms with Crippen LogP contribution in [-0.2, 0) is 0 Å². The normalized spacial score (nSPS) is 14.3. The molecule has 0 saturated carbocycles. The van der Waals surface area contributed by atoms with Crippen molar-refractivity contribution in [2.24, 2.45) is 0 Å². The molecule has 0 aromatic rings. The topological polar surface area (TPSA) is 52.5 Å². The number of hydrogen-bond acceptors (Lipinski definition) is 3. The van der Waals surface area contributed by atoms with E-state index in [2.05, 4.69) is 5.32 Å². The summed E-state index contributed by atoms with van der Waals surface area (Å²) >= 11 is 0. The molecular weight excluding hydrogens is 118 g/mol. The van der Waals surface area contributed by atoms with Crippen molar-refractivity contribution in [2.75, 3.05) is 7.05 Å². The van der Waals surface area contributed by atoms with Gasteiger partial charge in [-0.25, -0.2) is 0 Å². The molecule has 3 nitrogen and oxygen atoms in total. The van der Waals surface area contributed by atoms with E-state index in [0.29, 0.717) is 12.5 Å². The van der Waals surface area contributed by atoms with Crippen molar-refractivity contribution in [2.45, 2.75) is 32.1 Å². The highest BCUT2D eigenvalue weighted by Crippen LogP contribution is 1.97. The van der Waals surface area contributed by atoms with Gasteiger partial charge in [0, 0.05) is 6.04 Å². The van der Waals surface area contributed by atoms with Crippen molar-refractivity contribution in [1.29, 1.82) is 0 Å². The molecule has 9 heavy (non-hydrogen) atoms. The zero-order valence-corrected chi connectivity index (χ0v) is 5.96. The number of aliphatic hydroxyl groups is 2. The van der Waals surface area contributed by atoms with Crippen molar-refractivity contribution < 1.29 is 10.2 Å². The molecule has 0 amide bonds. The van der Waals surface area contributed by atoms with E-state index in [1.807, 2.05) is 14.0 Å². The van der Waals surface area contributed by atoms with Gasteiger partial charge in [0.15, 0.2) is 6.29 Å². The average molecular weight is 133 g/mol. The third kappa shape index (κ3) is 5.76. The predicted molar refractivity (Wildman–Crippen MR) is 36.0 cm³/mol. The summed E-state index contributed by atoms with van der Waals surface area (Å²) < 4.78 is 0. The lowest BCUT2D eigenvalue weighted by atomic mass is 10.2. The van der Waals surface area contributed by atoms with E-state index in [9.17, 15) is 0 Å². The lowest BCUT2D eigenvalue weighted by molar-refractivity contribution is -0.0474. The molecule has 0 aliphatic heterocycles. The van der Waals surface area contributed by atoms with Crippen LogP contribution in [0.3, 0.4) is 0 Å². The van der Waals surface area contributed by atoms with Gasteiger partial charge in [-0.2, -0.15) is 0 Å². The molecule has 0 bridgehead atoms. The van der Waals surface area contributed by atoms with Crippen LogP contribution >= 0.6 is 0 Å². The van der Waals surface area contributed by atoms with Crippen LogP contribution in [0.1, 0.15) is 19.8 Å². The molecular formula is C6H15NO2. The van der Waals surface area contributed by atoms with E-state index in [-0.39, 0.29) is 0 Å². The number of nitrogens with one attached hydrogen (secondary N) is 1. The molecule has 0 aliphatic rings. The maximum Gasteiger partial charge on any atom is 0.151 e. The fourth-order valence-electron chi connectivity index (χ4n) is 0.543. The molecule has 1 atom stereocenters. The summed E-state index contributed by atoms with van der Waals surface area (Å²) in [5.74, 6) is 0. The van der Waals surface area contributed by atoms with Gasteiger partial charge in [0.1, 0.15) is 0 Å². The third-order valence-electron chi connectivity index (χ3n) is 1.35. The van der Waals surface area contributed by atoms with Crippen LogP contribution in [0.25, 0.3) is 0 Å². The van der Waals surface area contributed by atoms with Crippen molar-refractivity contribution in [3.63, 3.8) is 0 Å². The molecule has 0 spiro atoms. The number of rotatable bonds is 4. The quantitative estimate of drug-likeness (QED) is 0.461. The Morgan fingerprint density at radius 1 is 1.33 bits per heavy atom. The van der Waals surface area contributed by atoms with Crippen LogP contribution in [0.15, 0.2) is 0 Å². The van der Waals surface area contributed by atoms with E-state index in [4.69, 9.17) is 10.2 Å². The van der Waals surface area contributed by atoms with Crippen molar-refractivity contribution in [1.82, 2.24) is 5.32 Å². The Labute approximate surface area is 55.7 Å². The number of hydrogen-bond donors (Lipinski definition) is 3. The van der Waals surface area contributed by atoms with Crippen LogP contribution < -0.4 is 5.32 Å². The lowest BCUT2D eigenvalue weighted by Gasteiger charge is -2.09. The highest BCUT2D eigenvalue weighted by molar-refractivity contribution is 4.56. The molecule has 0 rings (SSSR count). The van der Waals surface area contributed by atoms with E-state index >= 15 is 0 Å². The van der Waals surface area contributed by atoms with Gasteiger partial charge in [0.05, 0.1) is 0 Å². The Balaban J connectivity index is 3.06. The summed E-state index contributed by atoms with van der Waals surface area (Å²) in [6.45, 7) is 2.00. The van der Waals surface area contributed by atoms with E-state index < -0.39 is 6.29 Å². The molecule has 0 radical (unpaired) electrons. The highest BCUT2D eigenvalue weighted by atomic mass is 16.5. The Hall–Kier alpha value is -0.120. The first kappa shape index (κ1) is 8.88. The standard InChI is InChI=1S/C6H15NO2/c1-5(7-2)3-4-6(8)9/h5-9H,3-4H2,1-2H3. The molecule has 0 saturated heterocycles. The summed E-state index contributed by atoms with van der Waals surface area (Å²) in [6, 6.07) is 0.367. The minimum absolute atomic E-state index is 0.367. The molecule has 3 N–H and O–H groups in total. The van der Waals surface area contributed by atoms with Gasteiger partial charge < -0.3 is 15.5 Å².